The van der Waals surface area contributed by atoms with Gasteiger partial charge in [0.15, 0.2) is 17.3 Å². The van der Waals surface area contributed by atoms with Crippen molar-refractivity contribution in [2.75, 3.05) is 12.1 Å². The van der Waals surface area contributed by atoms with Crippen LogP contribution in [-0.4, -0.2) is 32.2 Å². The van der Waals surface area contributed by atoms with E-state index in [2.05, 4.69) is 20.3 Å². The minimum absolute atomic E-state index is 0.0307. The fraction of sp³-hybridized carbons (Fsp3) is 0.118. The summed E-state index contributed by atoms with van der Waals surface area (Å²) >= 11 is 0. The van der Waals surface area contributed by atoms with Gasteiger partial charge in [-0.05, 0) is 17.7 Å². The van der Waals surface area contributed by atoms with Crippen molar-refractivity contribution < 1.29 is 14.3 Å². The second-order valence-electron chi connectivity index (χ2n) is 5.63. The lowest BCUT2D eigenvalue weighted by molar-refractivity contribution is 0.102. The number of hydrogen-bond donors (Lipinski definition) is 2. The first-order valence-corrected chi connectivity index (χ1v) is 7.90. The molecular formula is C17H13N5O5. The summed E-state index contributed by atoms with van der Waals surface area (Å²) < 4.78 is 11.5. The average molecular weight is 367 g/mol. The molecule has 10 nitrogen and oxygen atoms in total. The minimum atomic E-state index is -0.724. The molecule has 0 saturated heterocycles. The Bertz CT molecular complexity index is 1120. The fourth-order valence-electron chi connectivity index (χ4n) is 2.59. The molecule has 0 unspecified atom stereocenters. The summed E-state index contributed by atoms with van der Waals surface area (Å²) in [5.41, 5.74) is -0.925. The van der Waals surface area contributed by atoms with Gasteiger partial charge in [0.05, 0.1) is 12.7 Å². The van der Waals surface area contributed by atoms with E-state index in [-0.39, 0.29) is 24.7 Å². The van der Waals surface area contributed by atoms with Gasteiger partial charge in [-0.25, -0.2) is 9.78 Å². The maximum atomic E-state index is 12.6. The second-order valence-corrected chi connectivity index (χ2v) is 5.63. The van der Waals surface area contributed by atoms with Gasteiger partial charge in [-0.2, -0.15) is 0 Å². The summed E-state index contributed by atoms with van der Waals surface area (Å²) in [4.78, 5) is 47.3. The van der Waals surface area contributed by atoms with Crippen LogP contribution in [0.25, 0.3) is 0 Å². The van der Waals surface area contributed by atoms with Crippen LogP contribution >= 0.6 is 0 Å². The Labute approximate surface area is 151 Å². The number of rotatable bonds is 4. The van der Waals surface area contributed by atoms with Gasteiger partial charge in [0.25, 0.3) is 11.5 Å². The molecule has 0 saturated carbocycles. The largest absolute Gasteiger partial charge is 0.454 e. The number of aromatic nitrogens is 4. The molecule has 2 N–H and O–H groups in total. The highest BCUT2D eigenvalue weighted by Crippen LogP contribution is 2.32. The number of benzene rings is 1. The Kier molecular flexibility index (Phi) is 4.13. The standard InChI is InChI=1S/C17H13N5O5/c23-15(21-14-7-18-3-4-19-14)11-6-20-17(25)22(16(11)24)8-10-1-2-12-13(5-10)27-9-26-12/h1-7H,8-9H2,(H,20,25)(H,19,21,23). The van der Waals surface area contributed by atoms with Crippen molar-refractivity contribution in [3.8, 4) is 11.5 Å². The van der Waals surface area contributed by atoms with E-state index in [1.54, 1.807) is 18.2 Å². The molecule has 2 aromatic heterocycles. The molecule has 3 aromatic rings. The Morgan fingerprint density at radius 1 is 1.22 bits per heavy atom. The number of nitrogens with zero attached hydrogens (tertiary/aromatic N) is 3. The topological polar surface area (TPSA) is 128 Å². The summed E-state index contributed by atoms with van der Waals surface area (Å²) in [6, 6.07) is 5.09. The first kappa shape index (κ1) is 16.5. The molecule has 0 fully saturated rings. The summed E-state index contributed by atoms with van der Waals surface area (Å²) in [5.74, 6) is 0.622. The number of ether oxygens (including phenoxy) is 2. The van der Waals surface area contributed by atoms with E-state index in [0.717, 1.165) is 10.8 Å². The van der Waals surface area contributed by atoms with Crippen LogP contribution in [0.2, 0.25) is 0 Å². The van der Waals surface area contributed by atoms with E-state index in [9.17, 15) is 14.4 Å². The number of carbonyl (C=O) groups is 1. The summed E-state index contributed by atoms with van der Waals surface area (Å²) in [6.07, 6.45) is 5.27. The molecule has 1 aliphatic heterocycles. The molecule has 136 valence electrons. The molecule has 1 aliphatic rings. The highest BCUT2D eigenvalue weighted by molar-refractivity contribution is 6.03. The fourth-order valence-corrected chi connectivity index (χ4v) is 2.59. The van der Waals surface area contributed by atoms with Gasteiger partial charge in [-0.15, -0.1) is 0 Å². The van der Waals surface area contributed by atoms with E-state index in [0.29, 0.717) is 17.1 Å². The molecule has 0 aliphatic carbocycles. The lowest BCUT2D eigenvalue weighted by Crippen LogP contribution is -2.39. The van der Waals surface area contributed by atoms with Crippen molar-refractivity contribution >= 4 is 11.7 Å². The predicted octanol–water partition coefficient (Wildman–Crippen LogP) is 0.356. The van der Waals surface area contributed by atoms with Gasteiger partial charge < -0.3 is 19.8 Å². The molecule has 0 spiro atoms. The maximum absolute atomic E-state index is 12.6. The molecule has 0 atom stereocenters. The summed E-state index contributed by atoms with van der Waals surface area (Å²) in [7, 11) is 0. The van der Waals surface area contributed by atoms with Crippen LogP contribution in [0.1, 0.15) is 15.9 Å². The third-order valence-electron chi connectivity index (χ3n) is 3.89. The molecule has 1 amide bonds. The molecule has 27 heavy (non-hydrogen) atoms. The Morgan fingerprint density at radius 3 is 2.89 bits per heavy atom. The van der Waals surface area contributed by atoms with Gasteiger partial charge in [0, 0.05) is 18.6 Å². The van der Waals surface area contributed by atoms with Crippen LogP contribution in [-0.2, 0) is 6.54 Å². The number of anilines is 1. The Morgan fingerprint density at radius 2 is 2.07 bits per heavy atom. The van der Waals surface area contributed by atoms with E-state index in [4.69, 9.17) is 9.47 Å². The van der Waals surface area contributed by atoms with E-state index in [1.807, 2.05) is 0 Å². The monoisotopic (exact) mass is 367 g/mol. The molecule has 3 heterocycles. The SMILES string of the molecule is O=C(Nc1cnccn1)c1c[nH]c(=O)n(Cc2ccc3c(c2)OCO3)c1=O. The third-order valence-corrected chi connectivity index (χ3v) is 3.89. The van der Waals surface area contributed by atoms with Crippen molar-refractivity contribution in [2.45, 2.75) is 6.54 Å². The maximum Gasteiger partial charge on any atom is 0.328 e. The summed E-state index contributed by atoms with van der Waals surface area (Å²) in [6.45, 7) is 0.0917. The predicted molar refractivity (Wildman–Crippen MR) is 93.0 cm³/mol. The lowest BCUT2D eigenvalue weighted by Gasteiger charge is -2.08. The van der Waals surface area contributed by atoms with Crippen LogP contribution in [0.15, 0.2) is 52.6 Å². The number of aromatic amines is 1. The molecule has 4 rings (SSSR count). The Balaban J connectivity index is 1.64. The van der Waals surface area contributed by atoms with Crippen molar-refractivity contribution in [2.24, 2.45) is 0 Å². The van der Waals surface area contributed by atoms with Gasteiger partial charge in [-0.1, -0.05) is 6.07 Å². The number of H-pyrrole nitrogens is 1. The van der Waals surface area contributed by atoms with Crippen LogP contribution < -0.4 is 26.0 Å². The van der Waals surface area contributed by atoms with E-state index >= 15 is 0 Å². The van der Waals surface area contributed by atoms with Crippen LogP contribution in [0, 0.1) is 0 Å². The summed E-state index contributed by atoms with van der Waals surface area (Å²) in [5, 5.41) is 2.46. The van der Waals surface area contributed by atoms with E-state index < -0.39 is 17.2 Å². The van der Waals surface area contributed by atoms with Crippen LogP contribution in [0.3, 0.4) is 0 Å². The van der Waals surface area contributed by atoms with Gasteiger partial charge in [0.2, 0.25) is 6.79 Å². The van der Waals surface area contributed by atoms with E-state index in [1.165, 1.54) is 18.6 Å². The number of amides is 1. The van der Waals surface area contributed by atoms with Crippen molar-refractivity contribution in [1.82, 2.24) is 19.5 Å². The first-order chi connectivity index (χ1) is 13.1. The second kappa shape index (κ2) is 6.75. The zero-order valence-electron chi connectivity index (χ0n) is 13.8. The first-order valence-electron chi connectivity index (χ1n) is 7.90. The number of nitrogens with one attached hydrogen (secondary N) is 2. The molecule has 0 bridgehead atoms. The number of hydrogen-bond acceptors (Lipinski definition) is 7. The number of fused-ring (bicyclic) bond motifs is 1. The Hall–Kier alpha value is -3.95. The molecule has 1 aromatic carbocycles. The molecular weight excluding hydrogens is 354 g/mol. The highest BCUT2D eigenvalue weighted by Gasteiger charge is 2.17. The lowest BCUT2D eigenvalue weighted by atomic mass is 10.2. The quantitative estimate of drug-likeness (QED) is 0.681. The van der Waals surface area contributed by atoms with Crippen molar-refractivity contribution in [1.29, 1.82) is 0 Å². The van der Waals surface area contributed by atoms with Crippen LogP contribution in [0.4, 0.5) is 5.82 Å². The third kappa shape index (κ3) is 3.27. The minimum Gasteiger partial charge on any atom is -0.454 e. The average Bonchev–Trinajstić information content (AvgIpc) is 3.13. The van der Waals surface area contributed by atoms with Crippen molar-refractivity contribution in [3.63, 3.8) is 0 Å². The van der Waals surface area contributed by atoms with Gasteiger partial charge in [0.1, 0.15) is 5.56 Å². The zero-order valence-corrected chi connectivity index (χ0v) is 13.8. The molecule has 10 heteroatoms. The number of carbonyl (C=O) groups excluding carboxylic acids is 1. The van der Waals surface area contributed by atoms with Crippen molar-refractivity contribution in [3.05, 3.63) is 75.0 Å². The van der Waals surface area contributed by atoms with Gasteiger partial charge in [-0.3, -0.25) is 19.1 Å². The smallest absolute Gasteiger partial charge is 0.328 e. The van der Waals surface area contributed by atoms with Gasteiger partial charge >= 0.3 is 5.69 Å². The highest BCUT2D eigenvalue weighted by atomic mass is 16.7. The molecule has 0 radical (unpaired) electrons. The normalized spacial score (nSPS) is 12.0. The zero-order chi connectivity index (χ0) is 18.8. The van der Waals surface area contributed by atoms with Crippen LogP contribution in [0.5, 0.6) is 11.5 Å².